The molecule has 0 saturated heterocycles. The largest absolute Gasteiger partial charge is 0.476 e. The minimum absolute atomic E-state index is 0.397. The molecule has 0 saturated carbocycles. The summed E-state index contributed by atoms with van der Waals surface area (Å²) in [6, 6.07) is 0. The third kappa shape index (κ3) is 2.82. The van der Waals surface area contributed by atoms with Crippen molar-refractivity contribution in [2.45, 2.75) is 17.0 Å². The average molecular weight is 249 g/mol. The van der Waals surface area contributed by atoms with Crippen molar-refractivity contribution < 1.29 is 4.74 Å². The molecule has 2 aromatic rings. The van der Waals surface area contributed by atoms with Crippen LogP contribution in [-0.4, -0.2) is 26.5 Å². The van der Waals surface area contributed by atoms with Gasteiger partial charge in [-0.3, -0.25) is 4.98 Å². The van der Waals surface area contributed by atoms with E-state index in [1.165, 1.54) is 18.1 Å². The van der Waals surface area contributed by atoms with Gasteiger partial charge in [-0.1, -0.05) is 0 Å². The van der Waals surface area contributed by atoms with Crippen molar-refractivity contribution in [2.24, 2.45) is 0 Å². The van der Waals surface area contributed by atoms with Gasteiger partial charge in [-0.15, -0.1) is 0 Å². The van der Waals surface area contributed by atoms with Crippen LogP contribution in [0.15, 0.2) is 35.0 Å². The molecule has 0 bridgehead atoms. The number of anilines is 1. The lowest BCUT2D eigenvalue weighted by Gasteiger charge is -2.07. The highest BCUT2D eigenvalue weighted by Crippen LogP contribution is 2.32. The highest BCUT2D eigenvalue weighted by atomic mass is 32.2. The van der Waals surface area contributed by atoms with Crippen molar-refractivity contribution in [3.05, 3.63) is 24.9 Å². The first-order chi connectivity index (χ1) is 8.31. The van der Waals surface area contributed by atoms with E-state index >= 15 is 0 Å². The number of hydrogen-bond donors (Lipinski definition) is 1. The molecule has 6 nitrogen and oxygen atoms in total. The van der Waals surface area contributed by atoms with Crippen LogP contribution in [0, 0.1) is 0 Å². The van der Waals surface area contributed by atoms with Crippen LogP contribution in [0.3, 0.4) is 0 Å². The van der Waals surface area contributed by atoms with Crippen LogP contribution in [-0.2, 0) is 0 Å². The first-order valence-corrected chi connectivity index (χ1v) is 5.80. The lowest BCUT2D eigenvalue weighted by molar-refractivity contribution is 0.327. The Labute approximate surface area is 103 Å². The Morgan fingerprint density at radius 3 is 2.88 bits per heavy atom. The van der Waals surface area contributed by atoms with Crippen LogP contribution in [0.2, 0.25) is 0 Å². The Kier molecular flexibility index (Phi) is 3.71. The molecule has 2 heterocycles. The Balaban J connectivity index is 2.24. The number of nitrogen functional groups attached to an aromatic ring is 1. The Hall–Kier alpha value is -1.89. The summed E-state index contributed by atoms with van der Waals surface area (Å²) >= 11 is 1.32. The second-order valence-electron chi connectivity index (χ2n) is 2.98. The summed E-state index contributed by atoms with van der Waals surface area (Å²) in [7, 11) is 0. The highest BCUT2D eigenvalue weighted by Gasteiger charge is 2.10. The smallest absolute Gasteiger partial charge is 0.241 e. The summed E-state index contributed by atoms with van der Waals surface area (Å²) in [6.45, 7) is 2.38. The summed E-state index contributed by atoms with van der Waals surface area (Å²) in [5.41, 5.74) is 6.32. The maximum Gasteiger partial charge on any atom is 0.241 e. The van der Waals surface area contributed by atoms with Crippen LogP contribution >= 0.6 is 11.8 Å². The van der Waals surface area contributed by atoms with Gasteiger partial charge in [0.15, 0.2) is 0 Å². The van der Waals surface area contributed by atoms with E-state index < -0.39 is 0 Å². The van der Waals surface area contributed by atoms with Crippen molar-refractivity contribution in [1.82, 2.24) is 19.9 Å². The lowest BCUT2D eigenvalue weighted by atomic mass is 10.5. The number of nitrogens with two attached hydrogens (primary N) is 1. The number of ether oxygens (including phenoxy) is 1. The van der Waals surface area contributed by atoms with E-state index in [9.17, 15) is 0 Å². The van der Waals surface area contributed by atoms with E-state index in [-0.39, 0.29) is 0 Å². The molecule has 0 aliphatic carbocycles. The average Bonchev–Trinajstić information content (AvgIpc) is 2.36. The van der Waals surface area contributed by atoms with E-state index in [0.29, 0.717) is 23.2 Å². The predicted octanol–water partition coefficient (Wildman–Crippen LogP) is 1.40. The van der Waals surface area contributed by atoms with Gasteiger partial charge in [-0.2, -0.15) is 4.98 Å². The second-order valence-corrected chi connectivity index (χ2v) is 3.99. The van der Waals surface area contributed by atoms with Gasteiger partial charge in [0.2, 0.25) is 5.88 Å². The van der Waals surface area contributed by atoms with Gasteiger partial charge in [-0.05, 0) is 18.7 Å². The van der Waals surface area contributed by atoms with E-state index in [2.05, 4.69) is 19.9 Å². The second kappa shape index (κ2) is 5.44. The molecule has 0 fully saturated rings. The topological polar surface area (TPSA) is 86.8 Å². The number of rotatable bonds is 4. The molecule has 0 radical (unpaired) electrons. The zero-order valence-corrected chi connectivity index (χ0v) is 10.0. The minimum Gasteiger partial charge on any atom is -0.476 e. The van der Waals surface area contributed by atoms with Crippen molar-refractivity contribution in [2.75, 3.05) is 12.3 Å². The van der Waals surface area contributed by atoms with Gasteiger partial charge in [0, 0.05) is 12.4 Å². The maximum atomic E-state index is 5.90. The molecule has 0 aromatic carbocycles. The third-order valence-corrected chi connectivity index (χ3v) is 2.77. The molecule has 0 aliphatic rings. The summed E-state index contributed by atoms with van der Waals surface area (Å²) < 4.78 is 5.29. The summed E-state index contributed by atoms with van der Waals surface area (Å²) in [4.78, 5) is 16.2. The van der Waals surface area contributed by atoms with E-state index in [1.54, 1.807) is 18.6 Å². The predicted molar refractivity (Wildman–Crippen MR) is 63.8 cm³/mol. The van der Waals surface area contributed by atoms with Gasteiger partial charge in [0.1, 0.15) is 22.1 Å². The first-order valence-electron chi connectivity index (χ1n) is 4.98. The maximum absolute atomic E-state index is 5.90. The number of aromatic nitrogens is 4. The van der Waals surface area contributed by atoms with Gasteiger partial charge in [0.05, 0.1) is 12.8 Å². The molecule has 0 unspecified atom stereocenters. The van der Waals surface area contributed by atoms with Crippen molar-refractivity contribution in [3.8, 4) is 5.88 Å². The normalized spacial score (nSPS) is 10.2. The lowest BCUT2D eigenvalue weighted by Crippen LogP contribution is -2.02. The van der Waals surface area contributed by atoms with Gasteiger partial charge < -0.3 is 10.5 Å². The summed E-state index contributed by atoms with van der Waals surface area (Å²) in [6.07, 6.45) is 6.29. The van der Waals surface area contributed by atoms with Crippen molar-refractivity contribution in [3.63, 3.8) is 0 Å². The molecule has 88 valence electrons. The van der Waals surface area contributed by atoms with Gasteiger partial charge >= 0.3 is 0 Å². The molecular formula is C10H11N5OS. The fourth-order valence-corrected chi connectivity index (χ4v) is 1.86. The Bertz CT molecular complexity index is 493. The quantitative estimate of drug-likeness (QED) is 0.819. The van der Waals surface area contributed by atoms with Crippen molar-refractivity contribution >= 4 is 17.4 Å². The van der Waals surface area contributed by atoms with E-state index in [1.807, 2.05) is 6.92 Å². The summed E-state index contributed by atoms with van der Waals surface area (Å²) in [5.74, 6) is 0.397. The molecule has 2 rings (SSSR count). The zero-order chi connectivity index (χ0) is 12.1. The fourth-order valence-electron chi connectivity index (χ4n) is 1.13. The molecule has 0 aliphatic heterocycles. The molecular weight excluding hydrogens is 238 g/mol. The number of hydrogen-bond acceptors (Lipinski definition) is 7. The molecule has 0 atom stereocenters. The molecule has 0 amide bonds. The van der Waals surface area contributed by atoms with Crippen LogP contribution in [0.1, 0.15) is 6.92 Å². The van der Waals surface area contributed by atoms with E-state index in [0.717, 1.165) is 5.03 Å². The monoisotopic (exact) mass is 249 g/mol. The third-order valence-electron chi connectivity index (χ3n) is 1.83. The fraction of sp³-hybridized carbons (Fsp3) is 0.200. The van der Waals surface area contributed by atoms with Crippen LogP contribution in [0.4, 0.5) is 5.69 Å². The standard InChI is InChI=1S/C10H11N5OS/c1-2-16-9-8(11)10(15-6-14-9)17-7-5-12-3-4-13-7/h3-6H,2,11H2,1H3. The molecule has 17 heavy (non-hydrogen) atoms. The molecule has 2 aromatic heterocycles. The zero-order valence-electron chi connectivity index (χ0n) is 9.20. The molecule has 2 N–H and O–H groups in total. The van der Waals surface area contributed by atoms with Gasteiger partial charge in [-0.25, -0.2) is 9.97 Å². The van der Waals surface area contributed by atoms with Crippen molar-refractivity contribution in [1.29, 1.82) is 0 Å². The first kappa shape index (κ1) is 11.6. The number of nitrogens with zero attached hydrogens (tertiary/aromatic N) is 4. The minimum atomic E-state index is 0.397. The summed E-state index contributed by atoms with van der Waals surface area (Å²) in [5, 5.41) is 1.34. The Morgan fingerprint density at radius 2 is 2.18 bits per heavy atom. The van der Waals surface area contributed by atoms with Crippen LogP contribution < -0.4 is 10.5 Å². The Morgan fingerprint density at radius 1 is 1.29 bits per heavy atom. The van der Waals surface area contributed by atoms with E-state index in [4.69, 9.17) is 10.5 Å². The van der Waals surface area contributed by atoms with Crippen LogP contribution in [0.25, 0.3) is 0 Å². The van der Waals surface area contributed by atoms with Crippen LogP contribution in [0.5, 0.6) is 5.88 Å². The molecule has 0 spiro atoms. The van der Waals surface area contributed by atoms with Gasteiger partial charge in [0.25, 0.3) is 0 Å². The molecule has 7 heteroatoms. The SMILES string of the molecule is CCOc1ncnc(Sc2cnccn2)c1N. The highest BCUT2D eigenvalue weighted by molar-refractivity contribution is 7.99.